The topological polar surface area (TPSA) is 38.3 Å². The number of rotatable bonds is 8. The average molecular weight is 346 g/mol. The Morgan fingerprint density at radius 3 is 2.27 bits per heavy atom. The number of hydrogen-bond donors (Lipinski definition) is 1. The zero-order chi connectivity index (χ0) is 16.8. The molecule has 0 aromatic heterocycles. The van der Waals surface area contributed by atoms with E-state index in [2.05, 4.69) is 26.1 Å². The molecule has 0 saturated carbocycles. The van der Waals surface area contributed by atoms with Crippen LogP contribution in [0.1, 0.15) is 41.0 Å². The van der Waals surface area contributed by atoms with Crippen molar-refractivity contribution >= 4 is 22.4 Å². The van der Waals surface area contributed by atoms with Gasteiger partial charge in [-0.3, -0.25) is 4.21 Å². The van der Waals surface area contributed by atoms with E-state index in [1.165, 1.54) is 0 Å². The first kappa shape index (κ1) is 19.6. The Kier molecular flexibility index (Phi) is 7.53. The number of hydrogen-bond acceptors (Lipinski definition) is 3. The van der Waals surface area contributed by atoms with Crippen LogP contribution in [0.2, 0.25) is 5.02 Å². The standard InChI is InChI=1S/C17H28ClNO2S/c1-16(2,3)21-12-6-11-19-13-17(4,5)22(20)15-9-7-14(18)8-10-15/h7-10,19H,6,11-13H2,1-5H3. The fraction of sp³-hybridized carbons (Fsp3) is 0.647. The van der Waals surface area contributed by atoms with Crippen molar-refractivity contribution in [2.24, 2.45) is 0 Å². The molecule has 1 N–H and O–H groups in total. The lowest BCUT2D eigenvalue weighted by Crippen LogP contribution is -2.39. The lowest BCUT2D eigenvalue weighted by molar-refractivity contribution is -0.00378. The summed E-state index contributed by atoms with van der Waals surface area (Å²) in [6.07, 6.45) is 0.945. The summed E-state index contributed by atoms with van der Waals surface area (Å²) in [7, 11) is -1.08. The van der Waals surface area contributed by atoms with Crippen molar-refractivity contribution < 1.29 is 8.95 Å². The van der Waals surface area contributed by atoms with Gasteiger partial charge in [0.05, 0.1) is 21.1 Å². The Hall–Kier alpha value is -0.420. The Morgan fingerprint density at radius 1 is 1.14 bits per heavy atom. The van der Waals surface area contributed by atoms with Crippen LogP contribution in [0, 0.1) is 0 Å². The van der Waals surface area contributed by atoms with Gasteiger partial charge >= 0.3 is 0 Å². The Morgan fingerprint density at radius 2 is 1.73 bits per heavy atom. The van der Waals surface area contributed by atoms with E-state index in [9.17, 15) is 4.21 Å². The number of nitrogens with one attached hydrogen (secondary N) is 1. The lowest BCUT2D eigenvalue weighted by Gasteiger charge is -2.25. The fourth-order valence-electron chi connectivity index (χ4n) is 1.91. The maximum atomic E-state index is 12.6. The molecule has 0 aliphatic heterocycles. The highest BCUT2D eigenvalue weighted by atomic mass is 35.5. The molecule has 126 valence electrons. The molecule has 0 aliphatic rings. The first-order valence-corrected chi connectivity index (χ1v) is 9.17. The van der Waals surface area contributed by atoms with Gasteiger partial charge < -0.3 is 10.1 Å². The molecule has 1 aromatic carbocycles. The van der Waals surface area contributed by atoms with Crippen LogP contribution >= 0.6 is 11.6 Å². The normalized spacial score (nSPS) is 14.1. The van der Waals surface area contributed by atoms with E-state index in [0.29, 0.717) is 11.6 Å². The third-order valence-electron chi connectivity index (χ3n) is 3.11. The van der Waals surface area contributed by atoms with Crippen molar-refractivity contribution in [2.45, 2.75) is 56.3 Å². The minimum absolute atomic E-state index is 0.0879. The van der Waals surface area contributed by atoms with Gasteiger partial charge in [-0.25, -0.2) is 0 Å². The van der Waals surface area contributed by atoms with Gasteiger partial charge in [0.2, 0.25) is 0 Å². The van der Waals surface area contributed by atoms with Gasteiger partial charge in [0.1, 0.15) is 0 Å². The van der Waals surface area contributed by atoms with Crippen molar-refractivity contribution in [1.82, 2.24) is 5.32 Å². The summed E-state index contributed by atoms with van der Waals surface area (Å²) in [5.74, 6) is 0. The van der Waals surface area contributed by atoms with Gasteiger partial charge in [-0.2, -0.15) is 0 Å². The molecule has 0 aliphatic carbocycles. The second-order valence-corrected chi connectivity index (χ2v) is 9.52. The lowest BCUT2D eigenvalue weighted by atomic mass is 10.2. The summed E-state index contributed by atoms with van der Waals surface area (Å²) in [5.41, 5.74) is -0.0879. The van der Waals surface area contributed by atoms with E-state index < -0.39 is 10.8 Å². The molecule has 1 rings (SSSR count). The van der Waals surface area contributed by atoms with Gasteiger partial charge in [-0.05, 0) is 71.8 Å². The molecule has 0 saturated heterocycles. The van der Waals surface area contributed by atoms with Crippen molar-refractivity contribution in [3.8, 4) is 0 Å². The maximum Gasteiger partial charge on any atom is 0.0599 e. The number of ether oxygens (including phenoxy) is 1. The molecular formula is C17H28ClNO2S. The van der Waals surface area contributed by atoms with Crippen LogP contribution in [0.4, 0.5) is 0 Å². The first-order chi connectivity index (χ1) is 10.1. The van der Waals surface area contributed by atoms with E-state index in [4.69, 9.17) is 16.3 Å². The smallest absolute Gasteiger partial charge is 0.0599 e. The molecular weight excluding hydrogens is 318 g/mol. The van der Waals surface area contributed by atoms with Crippen molar-refractivity contribution in [3.05, 3.63) is 29.3 Å². The molecule has 0 radical (unpaired) electrons. The molecule has 0 fully saturated rings. The van der Waals surface area contributed by atoms with E-state index in [1.54, 1.807) is 12.1 Å². The molecule has 22 heavy (non-hydrogen) atoms. The highest BCUT2D eigenvalue weighted by Gasteiger charge is 2.26. The Balaban J connectivity index is 2.37. The Bertz CT molecular complexity index is 480. The van der Waals surface area contributed by atoms with Crippen LogP contribution in [0.25, 0.3) is 0 Å². The van der Waals surface area contributed by atoms with Gasteiger partial charge in [0, 0.05) is 23.1 Å². The average Bonchev–Trinajstić information content (AvgIpc) is 2.41. The summed E-state index contributed by atoms with van der Waals surface area (Å²) in [5, 5.41) is 4.04. The second-order valence-electron chi connectivity index (χ2n) is 6.97. The Labute approximate surface area is 142 Å². The predicted octanol–water partition coefficient (Wildman–Crippen LogP) is 4.02. The summed E-state index contributed by atoms with van der Waals surface area (Å²) >= 11 is 5.87. The van der Waals surface area contributed by atoms with Gasteiger partial charge in [0.25, 0.3) is 0 Å². The van der Waals surface area contributed by atoms with Crippen LogP contribution in [-0.2, 0) is 15.5 Å². The summed E-state index contributed by atoms with van der Waals surface area (Å²) in [4.78, 5) is 0.812. The minimum Gasteiger partial charge on any atom is -0.376 e. The van der Waals surface area contributed by atoms with E-state index in [-0.39, 0.29) is 10.3 Å². The van der Waals surface area contributed by atoms with Crippen LogP contribution in [0.15, 0.2) is 29.2 Å². The predicted molar refractivity (Wildman–Crippen MR) is 95.1 cm³/mol. The minimum atomic E-state index is -1.08. The molecule has 0 bridgehead atoms. The zero-order valence-electron chi connectivity index (χ0n) is 14.2. The molecule has 1 atom stereocenters. The van der Waals surface area contributed by atoms with E-state index in [1.807, 2.05) is 26.0 Å². The third-order valence-corrected chi connectivity index (χ3v) is 5.21. The maximum absolute atomic E-state index is 12.6. The largest absolute Gasteiger partial charge is 0.376 e. The highest BCUT2D eigenvalue weighted by Crippen LogP contribution is 2.22. The SMILES string of the molecule is CC(C)(C)OCCCNCC(C)(C)S(=O)c1ccc(Cl)cc1. The fourth-order valence-corrected chi connectivity index (χ4v) is 3.29. The first-order valence-electron chi connectivity index (χ1n) is 7.64. The van der Waals surface area contributed by atoms with Crippen molar-refractivity contribution in [3.63, 3.8) is 0 Å². The van der Waals surface area contributed by atoms with Gasteiger partial charge in [0.15, 0.2) is 0 Å². The van der Waals surface area contributed by atoms with Crippen LogP contribution < -0.4 is 5.32 Å². The van der Waals surface area contributed by atoms with E-state index >= 15 is 0 Å². The quantitative estimate of drug-likeness (QED) is 0.723. The molecule has 5 heteroatoms. The van der Waals surface area contributed by atoms with Crippen LogP contribution in [0.3, 0.4) is 0 Å². The zero-order valence-corrected chi connectivity index (χ0v) is 15.8. The van der Waals surface area contributed by atoms with Crippen molar-refractivity contribution in [1.29, 1.82) is 0 Å². The summed E-state index contributed by atoms with van der Waals surface area (Å²) in [6.45, 7) is 12.5. The van der Waals surface area contributed by atoms with E-state index in [0.717, 1.165) is 24.5 Å². The summed E-state index contributed by atoms with van der Waals surface area (Å²) < 4.78 is 18.0. The second kappa shape index (κ2) is 8.44. The van der Waals surface area contributed by atoms with Gasteiger partial charge in [-0.1, -0.05) is 11.6 Å². The monoisotopic (exact) mass is 345 g/mol. The molecule has 3 nitrogen and oxygen atoms in total. The molecule has 0 amide bonds. The molecule has 1 unspecified atom stereocenters. The molecule has 0 heterocycles. The van der Waals surface area contributed by atoms with Crippen molar-refractivity contribution in [2.75, 3.05) is 19.7 Å². The number of benzene rings is 1. The third kappa shape index (κ3) is 7.23. The highest BCUT2D eigenvalue weighted by molar-refractivity contribution is 7.86. The molecule has 1 aromatic rings. The number of halogens is 1. The van der Waals surface area contributed by atoms with Crippen LogP contribution in [-0.4, -0.2) is 34.3 Å². The summed E-state index contributed by atoms with van der Waals surface area (Å²) in [6, 6.07) is 7.22. The molecule has 0 spiro atoms. The van der Waals surface area contributed by atoms with Crippen LogP contribution in [0.5, 0.6) is 0 Å². The van der Waals surface area contributed by atoms with Gasteiger partial charge in [-0.15, -0.1) is 0 Å².